The first-order valence-electron chi connectivity index (χ1n) is 6.88. The summed E-state index contributed by atoms with van der Waals surface area (Å²) in [5.41, 5.74) is 1.24. The van der Waals surface area contributed by atoms with Gasteiger partial charge in [0.2, 0.25) is 5.88 Å². The minimum absolute atomic E-state index is 0.0140. The normalized spacial score (nSPS) is 11.2. The fraction of sp³-hybridized carbons (Fsp3) is 0.0625. The number of nitrogens with one attached hydrogen (secondary N) is 1. The van der Waals surface area contributed by atoms with E-state index in [0.717, 1.165) is 5.56 Å². The molecule has 0 spiro atoms. The highest BCUT2D eigenvalue weighted by molar-refractivity contribution is 7.92. The number of hydrogen-bond donors (Lipinski definition) is 1. The highest BCUT2D eigenvalue weighted by Crippen LogP contribution is 2.31. The second-order valence-electron chi connectivity index (χ2n) is 4.83. The van der Waals surface area contributed by atoms with Crippen LogP contribution in [-0.2, 0) is 10.0 Å². The van der Waals surface area contributed by atoms with Gasteiger partial charge in [-0.15, -0.1) is 0 Å². The van der Waals surface area contributed by atoms with Gasteiger partial charge in [0.1, 0.15) is 10.6 Å². The van der Waals surface area contributed by atoms with Crippen molar-refractivity contribution in [2.75, 3.05) is 11.8 Å². The molecule has 0 radical (unpaired) electrons. The van der Waals surface area contributed by atoms with E-state index in [-0.39, 0.29) is 15.8 Å². The highest BCUT2D eigenvalue weighted by atomic mass is 35.5. The van der Waals surface area contributed by atoms with E-state index in [4.69, 9.17) is 20.9 Å². The van der Waals surface area contributed by atoms with Crippen LogP contribution >= 0.6 is 11.6 Å². The number of benzene rings is 2. The Morgan fingerprint density at radius 3 is 2.50 bits per heavy atom. The van der Waals surface area contributed by atoms with Gasteiger partial charge in [-0.1, -0.05) is 41.0 Å². The Labute approximate surface area is 144 Å². The molecule has 0 unspecified atom stereocenters. The maximum absolute atomic E-state index is 12.5. The zero-order valence-electron chi connectivity index (χ0n) is 12.6. The first kappa shape index (κ1) is 16.4. The number of hydrogen-bond acceptors (Lipinski definition) is 5. The van der Waals surface area contributed by atoms with Crippen LogP contribution in [0, 0.1) is 0 Å². The zero-order chi connectivity index (χ0) is 17.2. The first-order chi connectivity index (χ1) is 11.5. The van der Waals surface area contributed by atoms with Crippen molar-refractivity contribution in [3.05, 3.63) is 59.8 Å². The molecule has 1 N–H and O–H groups in total. The SMILES string of the molecule is COc1ccc(-c2cnoc2NS(=O)(=O)c2ccccc2Cl)cc1. The molecule has 3 aromatic rings. The molecule has 1 aromatic heterocycles. The average Bonchev–Trinajstić information content (AvgIpc) is 3.02. The fourth-order valence-corrected chi connectivity index (χ4v) is 3.65. The van der Waals surface area contributed by atoms with E-state index in [1.165, 1.54) is 18.3 Å². The van der Waals surface area contributed by atoms with Crippen molar-refractivity contribution in [2.45, 2.75) is 4.90 Å². The van der Waals surface area contributed by atoms with Gasteiger partial charge in [0.15, 0.2) is 0 Å². The predicted molar refractivity (Wildman–Crippen MR) is 90.8 cm³/mol. The molecule has 24 heavy (non-hydrogen) atoms. The maximum atomic E-state index is 12.5. The summed E-state index contributed by atoms with van der Waals surface area (Å²) in [4.78, 5) is -0.0382. The summed E-state index contributed by atoms with van der Waals surface area (Å²) in [6.07, 6.45) is 1.44. The smallest absolute Gasteiger partial charge is 0.265 e. The average molecular weight is 365 g/mol. The van der Waals surface area contributed by atoms with E-state index in [2.05, 4.69) is 9.88 Å². The third kappa shape index (κ3) is 3.22. The second-order valence-corrected chi connectivity index (χ2v) is 6.89. The summed E-state index contributed by atoms with van der Waals surface area (Å²) >= 11 is 5.96. The number of anilines is 1. The molecule has 6 nitrogen and oxygen atoms in total. The molecule has 1 heterocycles. The Hall–Kier alpha value is -2.51. The quantitative estimate of drug-likeness (QED) is 0.744. The summed E-state index contributed by atoms with van der Waals surface area (Å²) in [7, 11) is -2.33. The van der Waals surface area contributed by atoms with Gasteiger partial charge in [0, 0.05) is 0 Å². The van der Waals surface area contributed by atoms with Crippen molar-refractivity contribution in [1.29, 1.82) is 0 Å². The summed E-state index contributed by atoms with van der Waals surface area (Å²) in [5.74, 6) is 0.702. The Balaban J connectivity index is 1.94. The van der Waals surface area contributed by atoms with E-state index in [0.29, 0.717) is 11.3 Å². The molecule has 2 aromatic carbocycles. The van der Waals surface area contributed by atoms with E-state index in [9.17, 15) is 8.42 Å². The van der Waals surface area contributed by atoms with Gasteiger partial charge in [0.05, 0.1) is 23.9 Å². The maximum Gasteiger partial charge on any atom is 0.265 e. The van der Waals surface area contributed by atoms with E-state index in [1.54, 1.807) is 43.5 Å². The van der Waals surface area contributed by atoms with Crippen molar-refractivity contribution in [1.82, 2.24) is 5.16 Å². The van der Waals surface area contributed by atoms with E-state index < -0.39 is 10.0 Å². The molecule has 0 aliphatic rings. The fourth-order valence-electron chi connectivity index (χ4n) is 2.13. The van der Waals surface area contributed by atoms with Gasteiger partial charge >= 0.3 is 0 Å². The van der Waals surface area contributed by atoms with Crippen molar-refractivity contribution in [2.24, 2.45) is 0 Å². The van der Waals surface area contributed by atoms with Gasteiger partial charge < -0.3 is 9.26 Å². The lowest BCUT2D eigenvalue weighted by Gasteiger charge is -2.08. The molecule has 0 saturated carbocycles. The molecule has 0 aliphatic heterocycles. The minimum Gasteiger partial charge on any atom is -0.497 e. The number of methoxy groups -OCH3 is 1. The van der Waals surface area contributed by atoms with Crippen LogP contribution in [0.15, 0.2) is 64.1 Å². The number of sulfonamides is 1. The van der Waals surface area contributed by atoms with Crippen LogP contribution in [0.5, 0.6) is 5.75 Å². The lowest BCUT2D eigenvalue weighted by atomic mass is 10.1. The minimum atomic E-state index is -3.90. The van der Waals surface area contributed by atoms with Crippen molar-refractivity contribution < 1.29 is 17.7 Å². The molecule has 3 rings (SSSR count). The Morgan fingerprint density at radius 2 is 1.83 bits per heavy atom. The predicted octanol–water partition coefficient (Wildman–Crippen LogP) is 3.80. The largest absolute Gasteiger partial charge is 0.497 e. The Morgan fingerprint density at radius 1 is 1.12 bits per heavy atom. The third-order valence-corrected chi connectivity index (χ3v) is 5.16. The van der Waals surface area contributed by atoms with Gasteiger partial charge in [0.25, 0.3) is 10.0 Å². The monoisotopic (exact) mass is 364 g/mol. The Bertz CT molecular complexity index is 952. The zero-order valence-corrected chi connectivity index (χ0v) is 14.1. The molecule has 0 bridgehead atoms. The number of ether oxygens (including phenoxy) is 1. The van der Waals surface area contributed by atoms with Gasteiger partial charge in [-0.05, 0) is 29.8 Å². The lowest BCUT2D eigenvalue weighted by Crippen LogP contribution is -2.13. The number of halogens is 1. The van der Waals surface area contributed by atoms with Gasteiger partial charge in [-0.3, -0.25) is 0 Å². The number of aromatic nitrogens is 1. The van der Waals surface area contributed by atoms with Crippen LogP contribution in [0.25, 0.3) is 11.1 Å². The van der Waals surface area contributed by atoms with Crippen LogP contribution in [0.1, 0.15) is 0 Å². The van der Waals surface area contributed by atoms with Crippen molar-refractivity contribution in [3.8, 4) is 16.9 Å². The van der Waals surface area contributed by atoms with E-state index >= 15 is 0 Å². The summed E-state index contributed by atoms with van der Waals surface area (Å²) < 4.78 is 37.5. The molecule has 0 fully saturated rings. The van der Waals surface area contributed by atoms with Crippen LogP contribution in [0.3, 0.4) is 0 Å². The summed E-state index contributed by atoms with van der Waals surface area (Å²) in [6, 6.07) is 13.2. The van der Waals surface area contributed by atoms with Crippen LogP contribution in [0.2, 0.25) is 5.02 Å². The second kappa shape index (κ2) is 6.54. The summed E-state index contributed by atoms with van der Waals surface area (Å²) in [5, 5.41) is 3.80. The number of rotatable bonds is 5. The van der Waals surface area contributed by atoms with Crippen LogP contribution in [-0.4, -0.2) is 20.7 Å². The topological polar surface area (TPSA) is 81.4 Å². The first-order valence-corrected chi connectivity index (χ1v) is 8.74. The molecular weight excluding hydrogens is 352 g/mol. The molecular formula is C16H13ClN2O4S. The molecule has 124 valence electrons. The summed E-state index contributed by atoms with van der Waals surface area (Å²) in [6.45, 7) is 0. The molecule has 8 heteroatoms. The van der Waals surface area contributed by atoms with Crippen LogP contribution in [0.4, 0.5) is 5.88 Å². The number of nitrogens with zero attached hydrogens (tertiary/aromatic N) is 1. The molecule has 0 amide bonds. The highest BCUT2D eigenvalue weighted by Gasteiger charge is 2.22. The lowest BCUT2D eigenvalue weighted by molar-refractivity contribution is 0.415. The molecule has 0 aliphatic carbocycles. The van der Waals surface area contributed by atoms with Crippen LogP contribution < -0.4 is 9.46 Å². The standard InChI is InChI=1S/C16H13ClN2O4S/c1-22-12-8-6-11(7-9-12)13-10-18-23-16(13)19-24(20,21)15-5-3-2-4-14(15)17/h2-10,19H,1H3. The van der Waals surface area contributed by atoms with Gasteiger partial charge in [-0.25, -0.2) is 13.1 Å². The van der Waals surface area contributed by atoms with Crippen molar-refractivity contribution >= 4 is 27.5 Å². The molecule has 0 atom stereocenters. The molecule has 0 saturated heterocycles. The third-order valence-electron chi connectivity index (χ3n) is 3.32. The van der Waals surface area contributed by atoms with Gasteiger partial charge in [-0.2, -0.15) is 0 Å². The van der Waals surface area contributed by atoms with Crippen molar-refractivity contribution in [3.63, 3.8) is 0 Å². The van der Waals surface area contributed by atoms with E-state index in [1.807, 2.05) is 0 Å². The Kier molecular flexibility index (Phi) is 4.46.